The van der Waals surface area contributed by atoms with Crippen LogP contribution in [0, 0.1) is 11.8 Å². The van der Waals surface area contributed by atoms with Crippen LogP contribution in [0.4, 0.5) is 0 Å². The van der Waals surface area contributed by atoms with Gasteiger partial charge in [-0.2, -0.15) is 0 Å². The Morgan fingerprint density at radius 3 is 1.39 bits per heavy atom. The van der Waals surface area contributed by atoms with Gasteiger partial charge in [0.2, 0.25) is 12.1 Å². The molecule has 41 heavy (non-hydrogen) atoms. The molecule has 2 atom stereocenters. The van der Waals surface area contributed by atoms with Gasteiger partial charge in [-0.1, -0.05) is 116 Å². The van der Waals surface area contributed by atoms with Crippen molar-refractivity contribution in [3.8, 4) is 0 Å². The van der Waals surface area contributed by atoms with Gasteiger partial charge in [0.1, 0.15) is 0 Å². The third kappa shape index (κ3) is 10.4. The number of carbonyl (C=O) groups is 1. The minimum atomic E-state index is -0.924. The highest BCUT2D eigenvalue weighted by Crippen LogP contribution is 2.25. The highest BCUT2D eigenvalue weighted by atomic mass is 32.2. The minimum Gasteiger partial charge on any atom is -0.345 e. The number of hydrogen-bond donors (Lipinski definition) is 0. The van der Waals surface area contributed by atoms with Gasteiger partial charge < -0.3 is 9.47 Å². The molecule has 3 rings (SSSR count). The van der Waals surface area contributed by atoms with Crippen LogP contribution in [0.25, 0.3) is 0 Å². The SMILES string of the molecule is CSc1ccc(C(=O)C(OCC(C)Cc2ccc(C(C)(C)C)cc2)OCC(C)Cc2ccc(C(C)(C)C)cc2)cc1. The van der Waals surface area contributed by atoms with E-state index in [2.05, 4.69) is 104 Å². The molecule has 0 radical (unpaired) electrons. The average molecular weight is 575 g/mol. The molecule has 0 saturated heterocycles. The maximum atomic E-state index is 13.5. The Morgan fingerprint density at radius 1 is 0.659 bits per heavy atom. The third-order valence-electron chi connectivity index (χ3n) is 7.46. The Bertz CT molecular complexity index is 1150. The van der Waals surface area contributed by atoms with E-state index in [1.54, 1.807) is 11.8 Å². The van der Waals surface area contributed by atoms with Crippen LogP contribution >= 0.6 is 11.8 Å². The molecular weight excluding hydrogens is 524 g/mol. The van der Waals surface area contributed by atoms with Crippen LogP contribution in [-0.2, 0) is 33.1 Å². The van der Waals surface area contributed by atoms with Gasteiger partial charge in [0.15, 0.2) is 0 Å². The second kappa shape index (κ2) is 14.7. The lowest BCUT2D eigenvalue weighted by atomic mass is 9.86. The van der Waals surface area contributed by atoms with Crippen LogP contribution in [0.3, 0.4) is 0 Å². The van der Waals surface area contributed by atoms with Crippen molar-refractivity contribution >= 4 is 17.5 Å². The Labute approximate surface area is 253 Å². The summed E-state index contributed by atoms with van der Waals surface area (Å²) in [4.78, 5) is 14.6. The first-order valence-corrected chi connectivity index (χ1v) is 16.1. The van der Waals surface area contributed by atoms with Crippen molar-refractivity contribution in [1.82, 2.24) is 0 Å². The van der Waals surface area contributed by atoms with Crippen molar-refractivity contribution in [2.75, 3.05) is 19.5 Å². The summed E-state index contributed by atoms with van der Waals surface area (Å²) in [5, 5.41) is 0. The number of benzene rings is 3. The molecule has 222 valence electrons. The summed E-state index contributed by atoms with van der Waals surface area (Å²) in [6, 6.07) is 25.4. The fraction of sp³-hybridized carbons (Fsp3) is 0.486. The normalized spacial score (nSPS) is 14.5. The molecule has 0 bridgehead atoms. The molecule has 0 fully saturated rings. The van der Waals surface area contributed by atoms with Crippen LogP contribution in [0.5, 0.6) is 0 Å². The Morgan fingerprint density at radius 2 is 1.05 bits per heavy atom. The zero-order chi connectivity index (χ0) is 30.2. The van der Waals surface area contributed by atoms with Crippen molar-refractivity contribution in [2.24, 2.45) is 11.8 Å². The number of ketones is 1. The van der Waals surface area contributed by atoms with Gasteiger partial charge in [-0.05, 0) is 76.1 Å². The summed E-state index contributed by atoms with van der Waals surface area (Å²) in [7, 11) is 0. The number of rotatable bonds is 13. The van der Waals surface area contributed by atoms with Gasteiger partial charge in [-0.3, -0.25) is 4.79 Å². The number of hydrogen-bond acceptors (Lipinski definition) is 4. The predicted octanol–water partition coefficient (Wildman–Crippen LogP) is 9.30. The zero-order valence-corrected chi connectivity index (χ0v) is 27.4. The third-order valence-corrected chi connectivity index (χ3v) is 8.20. The molecule has 0 heterocycles. The van der Waals surface area contributed by atoms with Gasteiger partial charge in [-0.25, -0.2) is 0 Å². The zero-order valence-electron chi connectivity index (χ0n) is 26.6. The van der Waals surface area contributed by atoms with E-state index in [-0.39, 0.29) is 28.4 Å². The summed E-state index contributed by atoms with van der Waals surface area (Å²) >= 11 is 1.66. The molecule has 0 saturated carbocycles. The summed E-state index contributed by atoms with van der Waals surface area (Å²) in [6.07, 6.45) is 2.87. The fourth-order valence-electron chi connectivity index (χ4n) is 4.80. The molecule has 0 aromatic heterocycles. The topological polar surface area (TPSA) is 35.5 Å². The molecule has 0 aliphatic rings. The lowest BCUT2D eigenvalue weighted by molar-refractivity contribution is -0.127. The minimum absolute atomic E-state index is 0.124. The summed E-state index contributed by atoms with van der Waals surface area (Å²) in [5.74, 6) is 0.361. The second-order valence-electron chi connectivity index (χ2n) is 13.6. The number of carbonyl (C=O) groups excluding carboxylic acids is 1. The van der Waals surface area contributed by atoms with Crippen LogP contribution < -0.4 is 0 Å². The predicted molar refractivity (Wildman–Crippen MR) is 174 cm³/mol. The summed E-state index contributed by atoms with van der Waals surface area (Å²) < 4.78 is 12.4. The van der Waals surface area contributed by atoms with Gasteiger partial charge in [0.25, 0.3) is 0 Å². The molecule has 4 heteroatoms. The molecule has 0 aliphatic carbocycles. The highest BCUT2D eigenvalue weighted by molar-refractivity contribution is 7.98. The van der Waals surface area contributed by atoms with Crippen LogP contribution in [0.1, 0.15) is 88.0 Å². The molecular formula is C37H50O3S. The van der Waals surface area contributed by atoms with Crippen LogP contribution in [0.15, 0.2) is 77.7 Å². The van der Waals surface area contributed by atoms with Crippen LogP contribution in [0.2, 0.25) is 0 Å². The molecule has 0 aliphatic heterocycles. The highest BCUT2D eigenvalue weighted by Gasteiger charge is 2.24. The quantitative estimate of drug-likeness (QED) is 0.116. The number of thioether (sulfide) groups is 1. The van der Waals surface area contributed by atoms with Crippen LogP contribution in [-0.4, -0.2) is 31.5 Å². The Balaban J connectivity index is 1.63. The number of ether oxygens (including phenoxy) is 2. The molecule has 0 amide bonds. The lowest BCUT2D eigenvalue weighted by Gasteiger charge is -2.23. The van der Waals surface area contributed by atoms with E-state index in [0.29, 0.717) is 18.8 Å². The molecule has 3 aromatic carbocycles. The van der Waals surface area contributed by atoms with E-state index >= 15 is 0 Å². The molecule has 0 N–H and O–H groups in total. The van der Waals surface area contributed by atoms with Gasteiger partial charge >= 0.3 is 0 Å². The van der Waals surface area contributed by atoms with Crippen molar-refractivity contribution in [1.29, 1.82) is 0 Å². The first kappa shape index (κ1) is 33.1. The fourth-order valence-corrected chi connectivity index (χ4v) is 5.21. The Kier molecular flexibility index (Phi) is 11.8. The summed E-state index contributed by atoms with van der Waals surface area (Å²) in [6.45, 7) is 18.6. The first-order chi connectivity index (χ1) is 19.3. The molecule has 3 aromatic rings. The average Bonchev–Trinajstić information content (AvgIpc) is 2.92. The van der Waals surface area contributed by atoms with Crippen molar-refractivity contribution in [2.45, 2.75) is 90.2 Å². The van der Waals surface area contributed by atoms with Crippen molar-refractivity contribution in [3.63, 3.8) is 0 Å². The standard InChI is InChI=1S/C37H50O3S/c1-26(22-28-10-16-31(17-11-28)36(3,4)5)24-39-35(34(38)30-14-20-33(41-9)21-15-30)40-25-27(2)23-29-12-18-32(19-13-29)37(6,7)8/h10-21,26-27,35H,22-25H2,1-9H3. The smallest absolute Gasteiger partial charge is 0.222 e. The molecule has 2 unspecified atom stereocenters. The van der Waals surface area contributed by atoms with Crippen molar-refractivity contribution in [3.05, 3.63) is 101 Å². The maximum absolute atomic E-state index is 13.5. The van der Waals surface area contributed by atoms with E-state index in [1.165, 1.54) is 22.3 Å². The van der Waals surface area contributed by atoms with Gasteiger partial charge in [0, 0.05) is 10.5 Å². The van der Waals surface area contributed by atoms with Crippen molar-refractivity contribution < 1.29 is 14.3 Å². The van der Waals surface area contributed by atoms with E-state index in [9.17, 15) is 4.79 Å². The Hall–Kier alpha value is -2.40. The van der Waals surface area contributed by atoms with E-state index in [4.69, 9.17) is 9.47 Å². The van der Waals surface area contributed by atoms with Gasteiger partial charge in [0.05, 0.1) is 13.2 Å². The largest absolute Gasteiger partial charge is 0.345 e. The summed E-state index contributed by atoms with van der Waals surface area (Å²) in [5.41, 5.74) is 6.10. The second-order valence-corrected chi connectivity index (χ2v) is 14.5. The molecule has 0 spiro atoms. The van der Waals surface area contributed by atoms with E-state index < -0.39 is 6.29 Å². The van der Waals surface area contributed by atoms with E-state index in [1.807, 2.05) is 30.5 Å². The maximum Gasteiger partial charge on any atom is 0.222 e. The molecule has 3 nitrogen and oxygen atoms in total. The first-order valence-electron chi connectivity index (χ1n) is 14.9. The van der Waals surface area contributed by atoms with Gasteiger partial charge in [-0.15, -0.1) is 11.8 Å². The number of Topliss-reactive ketones (excluding diaryl/α,β-unsaturated/α-hetero) is 1. The lowest BCUT2D eigenvalue weighted by Crippen LogP contribution is -2.31. The van der Waals surface area contributed by atoms with E-state index in [0.717, 1.165) is 17.7 Å². The monoisotopic (exact) mass is 574 g/mol.